The fourth-order valence-corrected chi connectivity index (χ4v) is 2.23. The minimum Gasteiger partial charge on any atom is -0.480 e. The molecule has 1 aliphatic heterocycles. The van der Waals surface area contributed by atoms with Gasteiger partial charge in [0.2, 0.25) is 0 Å². The fraction of sp³-hybridized carbons (Fsp3) is 0.846. The Bertz CT molecular complexity index is 325. The second kappa shape index (κ2) is 6.75. The van der Waals surface area contributed by atoms with Gasteiger partial charge in [-0.2, -0.15) is 0 Å². The van der Waals surface area contributed by atoms with Gasteiger partial charge in [0.15, 0.2) is 0 Å². The van der Waals surface area contributed by atoms with Crippen LogP contribution >= 0.6 is 0 Å². The van der Waals surface area contributed by atoms with Crippen LogP contribution in [0, 0.1) is 5.41 Å². The molecule has 1 saturated heterocycles. The number of hydrogen-bond acceptors (Lipinski definition) is 3. The molecule has 1 aliphatic rings. The zero-order valence-corrected chi connectivity index (χ0v) is 12.1. The van der Waals surface area contributed by atoms with Gasteiger partial charge in [-0.05, 0) is 45.3 Å². The monoisotopic (exact) mass is 271 g/mol. The van der Waals surface area contributed by atoms with E-state index in [-0.39, 0.29) is 18.0 Å². The Balaban J connectivity index is 2.42. The van der Waals surface area contributed by atoms with Crippen LogP contribution < -0.4 is 5.32 Å². The number of rotatable bonds is 5. The number of amides is 2. The summed E-state index contributed by atoms with van der Waals surface area (Å²) in [6.45, 7) is 6.79. The molecule has 6 heteroatoms. The number of likely N-dealkylation sites (N-methyl/N-ethyl adjacent to an activating group) is 1. The van der Waals surface area contributed by atoms with Crippen molar-refractivity contribution in [2.75, 3.05) is 39.8 Å². The second-order valence-electron chi connectivity index (χ2n) is 5.68. The predicted octanol–water partition coefficient (Wildman–Crippen LogP) is 0.834. The van der Waals surface area contributed by atoms with Crippen molar-refractivity contribution in [3.63, 3.8) is 0 Å². The van der Waals surface area contributed by atoms with Gasteiger partial charge in [0, 0.05) is 13.1 Å². The van der Waals surface area contributed by atoms with Crippen molar-refractivity contribution in [2.45, 2.75) is 26.7 Å². The third kappa shape index (κ3) is 5.06. The molecule has 6 nitrogen and oxygen atoms in total. The summed E-state index contributed by atoms with van der Waals surface area (Å²) in [5.74, 6) is -0.984. The summed E-state index contributed by atoms with van der Waals surface area (Å²) in [5, 5.41) is 11.6. The zero-order valence-electron chi connectivity index (χ0n) is 12.1. The number of nitrogens with zero attached hydrogens (tertiary/aromatic N) is 2. The molecule has 0 aromatic heterocycles. The van der Waals surface area contributed by atoms with Gasteiger partial charge in [0.05, 0.1) is 0 Å². The van der Waals surface area contributed by atoms with E-state index in [9.17, 15) is 9.59 Å². The first-order valence-corrected chi connectivity index (χ1v) is 6.79. The van der Waals surface area contributed by atoms with Crippen molar-refractivity contribution in [1.82, 2.24) is 15.1 Å². The summed E-state index contributed by atoms with van der Waals surface area (Å²) < 4.78 is 0. The number of carboxylic acid groups (broad SMARTS) is 1. The average Bonchev–Trinajstić information content (AvgIpc) is 2.37. The highest BCUT2D eigenvalue weighted by Gasteiger charge is 2.29. The Morgan fingerprint density at radius 2 is 1.95 bits per heavy atom. The van der Waals surface area contributed by atoms with Crippen molar-refractivity contribution in [3.8, 4) is 0 Å². The Morgan fingerprint density at radius 1 is 1.37 bits per heavy atom. The normalized spacial score (nSPS) is 18.9. The van der Waals surface area contributed by atoms with Crippen LogP contribution in [0.25, 0.3) is 0 Å². The van der Waals surface area contributed by atoms with Crippen LogP contribution in [0.15, 0.2) is 0 Å². The standard InChI is InChI=1S/C13H25N3O3/c1-4-16(9-11(17)18)12(19)14-10-13(2)5-7-15(3)8-6-13/h4-10H2,1-3H3,(H,14,19)(H,17,18). The van der Waals surface area contributed by atoms with Gasteiger partial charge >= 0.3 is 12.0 Å². The highest BCUT2D eigenvalue weighted by molar-refractivity contribution is 5.80. The van der Waals surface area contributed by atoms with Gasteiger partial charge in [-0.3, -0.25) is 4.79 Å². The molecule has 1 fully saturated rings. The summed E-state index contributed by atoms with van der Waals surface area (Å²) in [6.07, 6.45) is 2.10. The molecular weight excluding hydrogens is 246 g/mol. The Labute approximate surface area is 114 Å². The molecule has 0 atom stereocenters. The highest BCUT2D eigenvalue weighted by atomic mass is 16.4. The van der Waals surface area contributed by atoms with Gasteiger partial charge in [0.25, 0.3) is 0 Å². The number of aliphatic carboxylic acids is 1. The summed E-state index contributed by atoms with van der Waals surface area (Å²) in [7, 11) is 2.10. The molecule has 0 unspecified atom stereocenters. The van der Waals surface area contributed by atoms with Crippen molar-refractivity contribution < 1.29 is 14.7 Å². The van der Waals surface area contributed by atoms with Gasteiger partial charge in [-0.15, -0.1) is 0 Å². The first-order valence-electron chi connectivity index (χ1n) is 6.79. The molecule has 110 valence electrons. The van der Waals surface area contributed by atoms with Crippen LogP contribution in [0.5, 0.6) is 0 Å². The van der Waals surface area contributed by atoms with Crippen molar-refractivity contribution in [1.29, 1.82) is 0 Å². The lowest BCUT2D eigenvalue weighted by molar-refractivity contribution is -0.137. The number of carbonyl (C=O) groups excluding carboxylic acids is 1. The van der Waals surface area contributed by atoms with Gasteiger partial charge in [-0.25, -0.2) is 4.79 Å². The number of piperidine rings is 1. The number of likely N-dealkylation sites (tertiary alicyclic amines) is 1. The van der Waals surface area contributed by atoms with E-state index in [4.69, 9.17) is 5.11 Å². The number of carboxylic acids is 1. The quantitative estimate of drug-likeness (QED) is 0.777. The second-order valence-corrected chi connectivity index (χ2v) is 5.68. The van der Waals surface area contributed by atoms with Gasteiger partial charge in [-0.1, -0.05) is 6.92 Å². The van der Waals surface area contributed by atoms with E-state index in [0.29, 0.717) is 13.1 Å². The Hall–Kier alpha value is -1.30. The molecule has 0 spiro atoms. The van der Waals surface area contributed by atoms with Crippen LogP contribution in [0.1, 0.15) is 26.7 Å². The molecule has 0 aromatic rings. The molecule has 0 saturated carbocycles. The topological polar surface area (TPSA) is 72.9 Å². The molecule has 19 heavy (non-hydrogen) atoms. The smallest absolute Gasteiger partial charge is 0.323 e. The summed E-state index contributed by atoms with van der Waals surface area (Å²) in [4.78, 5) is 26.1. The van der Waals surface area contributed by atoms with E-state index in [1.54, 1.807) is 6.92 Å². The van der Waals surface area contributed by atoms with Crippen molar-refractivity contribution in [2.24, 2.45) is 5.41 Å². The number of nitrogens with one attached hydrogen (secondary N) is 1. The maximum atomic E-state index is 11.9. The third-order valence-corrected chi connectivity index (χ3v) is 3.86. The maximum absolute atomic E-state index is 11.9. The van der Waals surface area contributed by atoms with Crippen LogP contribution in [-0.4, -0.2) is 66.7 Å². The summed E-state index contributed by atoms with van der Waals surface area (Å²) >= 11 is 0. The molecule has 0 bridgehead atoms. The Kier molecular flexibility index (Phi) is 5.60. The van der Waals surface area contributed by atoms with E-state index in [0.717, 1.165) is 25.9 Å². The minimum absolute atomic E-state index is 0.116. The zero-order chi connectivity index (χ0) is 14.5. The molecule has 0 radical (unpaired) electrons. The van der Waals surface area contributed by atoms with Crippen molar-refractivity contribution >= 4 is 12.0 Å². The van der Waals surface area contributed by atoms with Gasteiger partial charge < -0.3 is 20.2 Å². The molecule has 2 amide bonds. The molecule has 2 N–H and O–H groups in total. The predicted molar refractivity (Wildman–Crippen MR) is 73.1 cm³/mol. The van der Waals surface area contributed by atoms with Crippen molar-refractivity contribution in [3.05, 3.63) is 0 Å². The maximum Gasteiger partial charge on any atom is 0.323 e. The van der Waals surface area contributed by atoms with Gasteiger partial charge in [0.1, 0.15) is 6.54 Å². The number of urea groups is 1. The van der Waals surface area contributed by atoms with E-state index < -0.39 is 5.97 Å². The number of hydrogen-bond donors (Lipinski definition) is 2. The molecule has 0 aromatic carbocycles. The van der Waals surface area contributed by atoms with E-state index in [1.807, 2.05) is 0 Å². The SMILES string of the molecule is CCN(CC(=O)O)C(=O)NCC1(C)CCN(C)CC1. The van der Waals surface area contributed by atoms with E-state index >= 15 is 0 Å². The summed E-state index contributed by atoms with van der Waals surface area (Å²) in [5.41, 5.74) is 0.116. The first-order chi connectivity index (χ1) is 8.86. The molecule has 1 rings (SSSR count). The lowest BCUT2D eigenvalue weighted by Gasteiger charge is -2.38. The number of carbonyl (C=O) groups is 2. The largest absolute Gasteiger partial charge is 0.480 e. The molecule has 0 aliphatic carbocycles. The van der Waals surface area contributed by atoms with Crippen LogP contribution in [-0.2, 0) is 4.79 Å². The van der Waals surface area contributed by atoms with E-state index in [1.165, 1.54) is 4.90 Å². The molecule has 1 heterocycles. The minimum atomic E-state index is -0.984. The van der Waals surface area contributed by atoms with Crippen LogP contribution in [0.2, 0.25) is 0 Å². The lowest BCUT2D eigenvalue weighted by Crippen LogP contribution is -2.48. The summed E-state index contributed by atoms with van der Waals surface area (Å²) in [6, 6.07) is -0.287. The molecular formula is C13H25N3O3. The van der Waals surface area contributed by atoms with Crippen LogP contribution in [0.4, 0.5) is 4.79 Å². The highest BCUT2D eigenvalue weighted by Crippen LogP contribution is 2.29. The fourth-order valence-electron chi connectivity index (χ4n) is 2.23. The van der Waals surface area contributed by atoms with E-state index in [2.05, 4.69) is 24.2 Å². The Morgan fingerprint density at radius 3 is 2.42 bits per heavy atom. The first kappa shape index (κ1) is 15.8. The average molecular weight is 271 g/mol. The lowest BCUT2D eigenvalue weighted by atomic mass is 9.80. The van der Waals surface area contributed by atoms with Crippen LogP contribution in [0.3, 0.4) is 0 Å². The third-order valence-electron chi connectivity index (χ3n) is 3.86.